The molecule has 2 aliphatic carbocycles. The van der Waals surface area contributed by atoms with Gasteiger partial charge in [0.1, 0.15) is 0 Å². The van der Waals surface area contributed by atoms with Gasteiger partial charge in [-0.25, -0.2) is 0 Å². The summed E-state index contributed by atoms with van der Waals surface area (Å²) in [6, 6.07) is 0. The predicted molar refractivity (Wildman–Crippen MR) is 86.3 cm³/mol. The molecule has 0 bridgehead atoms. The Labute approximate surface area is 136 Å². The van der Waals surface area contributed by atoms with Gasteiger partial charge in [0.2, 0.25) is 17.7 Å². The third-order valence-electron chi connectivity index (χ3n) is 5.06. The van der Waals surface area contributed by atoms with Gasteiger partial charge in [0, 0.05) is 19.5 Å². The summed E-state index contributed by atoms with van der Waals surface area (Å²) in [5, 5.41) is 2.90. The third kappa shape index (κ3) is 3.54. The van der Waals surface area contributed by atoms with Crippen molar-refractivity contribution in [3.05, 3.63) is 23.8 Å². The Morgan fingerprint density at radius 3 is 2.43 bits per heavy atom. The van der Waals surface area contributed by atoms with Crippen LogP contribution in [0.25, 0.3) is 0 Å². The van der Waals surface area contributed by atoms with Gasteiger partial charge in [-0.1, -0.05) is 23.8 Å². The second kappa shape index (κ2) is 7.11. The SMILES string of the molecule is O=C(CCN1C(=O)[C@H]2CC=CC[C@H]2C1=O)NCC1=CCCCC1. The first-order chi connectivity index (χ1) is 11.2. The van der Waals surface area contributed by atoms with Crippen LogP contribution in [0.4, 0.5) is 0 Å². The lowest BCUT2D eigenvalue weighted by Crippen LogP contribution is -2.36. The summed E-state index contributed by atoms with van der Waals surface area (Å²) in [4.78, 5) is 37.9. The highest BCUT2D eigenvalue weighted by Gasteiger charge is 2.46. The van der Waals surface area contributed by atoms with Crippen molar-refractivity contribution in [2.75, 3.05) is 13.1 Å². The molecule has 1 fully saturated rings. The van der Waals surface area contributed by atoms with Gasteiger partial charge in [0.25, 0.3) is 0 Å². The summed E-state index contributed by atoms with van der Waals surface area (Å²) in [6.07, 6.45) is 12.2. The molecular formula is C18H24N2O3. The molecule has 23 heavy (non-hydrogen) atoms. The molecule has 0 aromatic heterocycles. The molecule has 0 unspecified atom stereocenters. The number of nitrogens with zero attached hydrogens (tertiary/aromatic N) is 1. The standard InChI is InChI=1S/C18H24N2O3/c21-16(19-12-13-6-2-1-3-7-13)10-11-20-17(22)14-8-4-5-9-15(14)18(20)23/h4-6,14-15H,1-3,7-12H2,(H,19,21)/t14-,15+. The molecule has 0 spiro atoms. The van der Waals surface area contributed by atoms with Gasteiger partial charge in [-0.2, -0.15) is 0 Å². The van der Waals surface area contributed by atoms with E-state index in [0.29, 0.717) is 19.4 Å². The fourth-order valence-corrected chi connectivity index (χ4v) is 3.67. The zero-order chi connectivity index (χ0) is 16.2. The molecule has 0 radical (unpaired) electrons. The third-order valence-corrected chi connectivity index (χ3v) is 5.06. The fraction of sp³-hybridized carbons (Fsp3) is 0.611. The van der Waals surface area contributed by atoms with Crippen molar-refractivity contribution in [1.82, 2.24) is 10.2 Å². The number of fused-ring (bicyclic) bond motifs is 1. The number of allylic oxidation sites excluding steroid dienone is 3. The number of hydrogen-bond donors (Lipinski definition) is 1. The smallest absolute Gasteiger partial charge is 0.233 e. The minimum absolute atomic E-state index is 0.0925. The molecular weight excluding hydrogens is 292 g/mol. The second-order valence-electron chi connectivity index (χ2n) is 6.62. The zero-order valence-electron chi connectivity index (χ0n) is 13.4. The van der Waals surface area contributed by atoms with E-state index in [0.717, 1.165) is 12.8 Å². The molecule has 5 nitrogen and oxygen atoms in total. The van der Waals surface area contributed by atoms with Gasteiger partial charge in [0.15, 0.2) is 0 Å². The van der Waals surface area contributed by atoms with Crippen molar-refractivity contribution < 1.29 is 14.4 Å². The van der Waals surface area contributed by atoms with Gasteiger partial charge in [-0.05, 0) is 38.5 Å². The maximum atomic E-state index is 12.3. The highest BCUT2D eigenvalue weighted by molar-refractivity contribution is 6.05. The Morgan fingerprint density at radius 2 is 1.83 bits per heavy atom. The van der Waals surface area contributed by atoms with Crippen LogP contribution in [0.5, 0.6) is 0 Å². The molecule has 1 N–H and O–H groups in total. The summed E-state index contributed by atoms with van der Waals surface area (Å²) >= 11 is 0. The largest absolute Gasteiger partial charge is 0.352 e. The first-order valence-electron chi connectivity index (χ1n) is 8.61. The van der Waals surface area contributed by atoms with E-state index >= 15 is 0 Å². The molecule has 1 heterocycles. The molecule has 2 atom stereocenters. The van der Waals surface area contributed by atoms with E-state index in [9.17, 15) is 14.4 Å². The lowest BCUT2D eigenvalue weighted by atomic mass is 9.85. The van der Waals surface area contributed by atoms with Gasteiger partial charge in [-0.15, -0.1) is 0 Å². The average Bonchev–Trinajstić information content (AvgIpc) is 2.83. The number of nitrogens with one attached hydrogen (secondary N) is 1. The fourth-order valence-electron chi connectivity index (χ4n) is 3.67. The van der Waals surface area contributed by atoms with Crippen LogP contribution in [0.3, 0.4) is 0 Å². The van der Waals surface area contributed by atoms with E-state index in [4.69, 9.17) is 0 Å². The Balaban J connectivity index is 1.46. The van der Waals surface area contributed by atoms with Crippen LogP contribution in [0.1, 0.15) is 44.9 Å². The van der Waals surface area contributed by atoms with Gasteiger partial charge in [0.05, 0.1) is 11.8 Å². The van der Waals surface area contributed by atoms with Crippen LogP contribution >= 0.6 is 0 Å². The topological polar surface area (TPSA) is 66.5 Å². The molecule has 0 aromatic carbocycles. The summed E-state index contributed by atoms with van der Waals surface area (Å²) in [5.74, 6) is -0.713. The van der Waals surface area contributed by atoms with Crippen LogP contribution in [0.2, 0.25) is 0 Å². The maximum absolute atomic E-state index is 12.3. The number of hydrogen-bond acceptors (Lipinski definition) is 3. The minimum Gasteiger partial charge on any atom is -0.352 e. The maximum Gasteiger partial charge on any atom is 0.233 e. The van der Waals surface area contributed by atoms with Crippen molar-refractivity contribution >= 4 is 17.7 Å². The molecule has 5 heteroatoms. The lowest BCUT2D eigenvalue weighted by molar-refractivity contribution is -0.140. The minimum atomic E-state index is -0.206. The number of imide groups is 1. The van der Waals surface area contributed by atoms with E-state index in [1.54, 1.807) is 0 Å². The van der Waals surface area contributed by atoms with E-state index in [2.05, 4.69) is 11.4 Å². The van der Waals surface area contributed by atoms with Crippen molar-refractivity contribution in [3.8, 4) is 0 Å². The highest BCUT2D eigenvalue weighted by Crippen LogP contribution is 2.34. The number of rotatable bonds is 5. The lowest BCUT2D eigenvalue weighted by Gasteiger charge is -2.16. The molecule has 124 valence electrons. The first kappa shape index (κ1) is 16.0. The van der Waals surface area contributed by atoms with Crippen molar-refractivity contribution in [2.45, 2.75) is 44.9 Å². The Bertz CT molecular complexity index is 539. The normalized spacial score (nSPS) is 27.0. The van der Waals surface area contributed by atoms with Crippen molar-refractivity contribution in [3.63, 3.8) is 0 Å². The molecule has 0 saturated carbocycles. The number of carbonyl (C=O) groups is 3. The van der Waals surface area contributed by atoms with Gasteiger partial charge in [-0.3, -0.25) is 19.3 Å². The Kier molecular flexibility index (Phi) is 4.94. The van der Waals surface area contributed by atoms with Gasteiger partial charge >= 0.3 is 0 Å². The number of amides is 3. The number of likely N-dealkylation sites (tertiary alicyclic amines) is 1. The van der Waals surface area contributed by atoms with Crippen LogP contribution in [-0.4, -0.2) is 35.7 Å². The average molecular weight is 316 g/mol. The van der Waals surface area contributed by atoms with Crippen LogP contribution in [0.15, 0.2) is 23.8 Å². The summed E-state index contributed by atoms with van der Waals surface area (Å²) in [7, 11) is 0. The van der Waals surface area contributed by atoms with Gasteiger partial charge < -0.3 is 5.32 Å². The Hall–Kier alpha value is -1.91. The molecule has 0 aromatic rings. The first-order valence-corrected chi connectivity index (χ1v) is 8.61. The predicted octanol–water partition coefficient (Wildman–Crippen LogP) is 1.94. The molecule has 1 aliphatic heterocycles. The molecule has 3 amide bonds. The van der Waals surface area contributed by atoms with E-state index in [1.165, 1.54) is 23.3 Å². The monoisotopic (exact) mass is 316 g/mol. The van der Waals surface area contributed by atoms with E-state index in [-0.39, 0.29) is 42.5 Å². The van der Waals surface area contributed by atoms with E-state index < -0.39 is 0 Å². The quantitative estimate of drug-likeness (QED) is 0.623. The molecule has 3 aliphatic rings. The molecule has 1 saturated heterocycles. The van der Waals surface area contributed by atoms with Crippen molar-refractivity contribution in [1.29, 1.82) is 0 Å². The number of carbonyl (C=O) groups excluding carboxylic acids is 3. The highest BCUT2D eigenvalue weighted by atomic mass is 16.2. The molecule has 3 rings (SSSR count). The Morgan fingerprint density at radius 1 is 1.13 bits per heavy atom. The van der Waals surface area contributed by atoms with E-state index in [1.807, 2.05) is 12.2 Å². The zero-order valence-corrected chi connectivity index (χ0v) is 13.4. The summed E-state index contributed by atoms with van der Waals surface area (Å²) < 4.78 is 0. The van der Waals surface area contributed by atoms with Crippen LogP contribution < -0.4 is 5.32 Å². The van der Waals surface area contributed by atoms with Crippen LogP contribution in [0, 0.1) is 11.8 Å². The van der Waals surface area contributed by atoms with Crippen molar-refractivity contribution in [2.24, 2.45) is 11.8 Å². The second-order valence-corrected chi connectivity index (χ2v) is 6.62. The van der Waals surface area contributed by atoms with Crippen LogP contribution in [-0.2, 0) is 14.4 Å². The summed E-state index contributed by atoms with van der Waals surface area (Å²) in [5.41, 5.74) is 1.29. The summed E-state index contributed by atoms with van der Waals surface area (Å²) in [6.45, 7) is 0.797.